The van der Waals surface area contributed by atoms with Crippen molar-refractivity contribution in [2.75, 3.05) is 27.2 Å². The fourth-order valence-corrected chi connectivity index (χ4v) is 3.78. The summed E-state index contributed by atoms with van der Waals surface area (Å²) in [6.45, 7) is 1.58. The van der Waals surface area contributed by atoms with Crippen molar-refractivity contribution in [2.24, 2.45) is 0 Å². The van der Waals surface area contributed by atoms with E-state index in [9.17, 15) is 4.79 Å². The number of amides is 1. The van der Waals surface area contributed by atoms with E-state index >= 15 is 0 Å². The molecule has 0 unspecified atom stereocenters. The number of carbonyl (C=O) groups excluding carboxylic acids is 1. The SMILES string of the molecule is CNC1(c2ccc(OC)cc2)CCN(C(=O)CCc2ccccc2)CC1. The van der Waals surface area contributed by atoms with Gasteiger partial charge in [-0.05, 0) is 49.6 Å². The Balaban J connectivity index is 1.58. The van der Waals surface area contributed by atoms with Crippen molar-refractivity contribution in [3.8, 4) is 5.75 Å². The van der Waals surface area contributed by atoms with Crippen LogP contribution in [0, 0.1) is 0 Å². The van der Waals surface area contributed by atoms with Crippen molar-refractivity contribution in [2.45, 2.75) is 31.2 Å². The molecule has 0 bridgehead atoms. The van der Waals surface area contributed by atoms with Crippen LogP contribution in [0.2, 0.25) is 0 Å². The van der Waals surface area contributed by atoms with Crippen molar-refractivity contribution < 1.29 is 9.53 Å². The van der Waals surface area contributed by atoms with E-state index in [0.717, 1.165) is 38.1 Å². The number of likely N-dealkylation sites (tertiary alicyclic amines) is 1. The topological polar surface area (TPSA) is 41.6 Å². The Bertz CT molecular complexity index is 705. The number of carbonyl (C=O) groups is 1. The monoisotopic (exact) mass is 352 g/mol. The van der Waals surface area contributed by atoms with Gasteiger partial charge >= 0.3 is 0 Å². The number of benzene rings is 2. The fraction of sp³-hybridized carbons (Fsp3) is 0.409. The highest BCUT2D eigenvalue weighted by atomic mass is 16.5. The number of hydrogen-bond donors (Lipinski definition) is 1. The molecule has 2 aromatic carbocycles. The number of rotatable bonds is 6. The molecule has 0 atom stereocenters. The van der Waals surface area contributed by atoms with Gasteiger partial charge < -0.3 is 15.0 Å². The molecular formula is C22H28N2O2. The average Bonchev–Trinajstić information content (AvgIpc) is 2.73. The van der Waals surface area contributed by atoms with Crippen LogP contribution in [0.4, 0.5) is 0 Å². The summed E-state index contributed by atoms with van der Waals surface area (Å²) in [6, 6.07) is 18.5. The summed E-state index contributed by atoms with van der Waals surface area (Å²) in [6.07, 6.45) is 3.24. The fourth-order valence-electron chi connectivity index (χ4n) is 3.78. The van der Waals surface area contributed by atoms with Gasteiger partial charge in [-0.1, -0.05) is 42.5 Å². The number of hydrogen-bond acceptors (Lipinski definition) is 3. The highest BCUT2D eigenvalue weighted by molar-refractivity contribution is 5.76. The predicted molar refractivity (Wildman–Crippen MR) is 104 cm³/mol. The van der Waals surface area contributed by atoms with Gasteiger partial charge in [-0.15, -0.1) is 0 Å². The van der Waals surface area contributed by atoms with E-state index in [1.807, 2.05) is 42.3 Å². The van der Waals surface area contributed by atoms with Gasteiger partial charge in [0, 0.05) is 25.0 Å². The summed E-state index contributed by atoms with van der Waals surface area (Å²) < 4.78 is 5.26. The van der Waals surface area contributed by atoms with Gasteiger partial charge in [0.2, 0.25) is 5.91 Å². The lowest BCUT2D eigenvalue weighted by Gasteiger charge is -2.42. The third-order valence-corrected chi connectivity index (χ3v) is 5.56. The Morgan fingerprint density at radius 3 is 2.31 bits per heavy atom. The summed E-state index contributed by atoms with van der Waals surface area (Å²) in [5, 5.41) is 3.51. The summed E-state index contributed by atoms with van der Waals surface area (Å²) in [7, 11) is 3.69. The summed E-state index contributed by atoms with van der Waals surface area (Å²) in [4.78, 5) is 14.6. The molecule has 0 aromatic heterocycles. The summed E-state index contributed by atoms with van der Waals surface area (Å²) in [5.74, 6) is 1.13. The lowest BCUT2D eigenvalue weighted by molar-refractivity contribution is -0.133. The highest BCUT2D eigenvalue weighted by Gasteiger charge is 2.35. The normalized spacial score (nSPS) is 16.3. The molecule has 1 aliphatic rings. The second kappa shape index (κ2) is 8.37. The van der Waals surface area contributed by atoms with Crippen LogP contribution >= 0.6 is 0 Å². The molecule has 0 radical (unpaired) electrons. The number of piperidine rings is 1. The Hall–Kier alpha value is -2.33. The number of nitrogens with one attached hydrogen (secondary N) is 1. The van der Waals surface area contributed by atoms with Crippen LogP contribution in [0.1, 0.15) is 30.4 Å². The first-order chi connectivity index (χ1) is 12.7. The van der Waals surface area contributed by atoms with E-state index in [1.54, 1.807) is 7.11 Å². The largest absolute Gasteiger partial charge is 0.497 e. The van der Waals surface area contributed by atoms with Crippen LogP contribution in [0.5, 0.6) is 5.75 Å². The molecule has 1 amide bonds. The van der Waals surface area contributed by atoms with E-state index < -0.39 is 0 Å². The molecule has 0 saturated carbocycles. The molecule has 0 spiro atoms. The molecule has 26 heavy (non-hydrogen) atoms. The predicted octanol–water partition coefficient (Wildman–Crippen LogP) is 3.37. The van der Waals surface area contributed by atoms with Crippen LogP contribution in [0.25, 0.3) is 0 Å². The second-order valence-corrected chi connectivity index (χ2v) is 6.93. The summed E-state index contributed by atoms with van der Waals surface area (Å²) >= 11 is 0. The molecule has 1 fully saturated rings. The number of methoxy groups -OCH3 is 1. The van der Waals surface area contributed by atoms with Crippen molar-refractivity contribution in [3.05, 3.63) is 65.7 Å². The van der Waals surface area contributed by atoms with Gasteiger partial charge in [0.25, 0.3) is 0 Å². The molecule has 1 N–H and O–H groups in total. The smallest absolute Gasteiger partial charge is 0.222 e. The standard InChI is InChI=1S/C22H28N2O2/c1-23-22(19-9-11-20(26-2)12-10-19)14-16-24(17-15-22)21(25)13-8-18-6-4-3-5-7-18/h3-7,9-12,23H,8,13-17H2,1-2H3. The molecule has 138 valence electrons. The minimum Gasteiger partial charge on any atom is -0.497 e. The number of nitrogens with zero attached hydrogens (tertiary/aromatic N) is 1. The van der Waals surface area contributed by atoms with E-state index in [1.165, 1.54) is 11.1 Å². The Labute approximate surface area is 156 Å². The first kappa shape index (κ1) is 18.5. The maximum Gasteiger partial charge on any atom is 0.222 e. The third-order valence-electron chi connectivity index (χ3n) is 5.56. The van der Waals surface area contributed by atoms with Crippen molar-refractivity contribution in [1.82, 2.24) is 10.2 Å². The molecule has 0 aliphatic carbocycles. The van der Waals surface area contributed by atoms with Crippen molar-refractivity contribution >= 4 is 5.91 Å². The Kier molecular flexibility index (Phi) is 5.94. The second-order valence-electron chi connectivity index (χ2n) is 6.93. The average molecular weight is 352 g/mol. The molecule has 1 saturated heterocycles. The highest BCUT2D eigenvalue weighted by Crippen LogP contribution is 2.33. The molecular weight excluding hydrogens is 324 g/mol. The van der Waals surface area contributed by atoms with Crippen LogP contribution in [0.15, 0.2) is 54.6 Å². The lowest BCUT2D eigenvalue weighted by atomic mass is 9.81. The van der Waals surface area contributed by atoms with E-state index in [4.69, 9.17) is 4.74 Å². The van der Waals surface area contributed by atoms with E-state index in [0.29, 0.717) is 6.42 Å². The van der Waals surface area contributed by atoms with Gasteiger partial charge in [-0.3, -0.25) is 4.79 Å². The van der Waals surface area contributed by atoms with Crippen LogP contribution < -0.4 is 10.1 Å². The molecule has 2 aromatic rings. The zero-order chi connectivity index (χ0) is 18.4. The Morgan fingerprint density at radius 2 is 1.73 bits per heavy atom. The first-order valence-corrected chi connectivity index (χ1v) is 9.32. The molecule has 4 nitrogen and oxygen atoms in total. The number of aryl methyl sites for hydroxylation is 1. The zero-order valence-corrected chi connectivity index (χ0v) is 15.7. The van der Waals surface area contributed by atoms with Crippen LogP contribution in [-0.2, 0) is 16.8 Å². The minimum absolute atomic E-state index is 0.0670. The minimum atomic E-state index is -0.0670. The van der Waals surface area contributed by atoms with Crippen molar-refractivity contribution in [3.63, 3.8) is 0 Å². The van der Waals surface area contributed by atoms with Gasteiger partial charge in [0.1, 0.15) is 5.75 Å². The summed E-state index contributed by atoms with van der Waals surface area (Å²) in [5.41, 5.74) is 2.42. The third kappa shape index (κ3) is 4.07. The number of ether oxygens (including phenoxy) is 1. The van der Waals surface area contributed by atoms with Crippen LogP contribution in [-0.4, -0.2) is 38.1 Å². The quantitative estimate of drug-likeness (QED) is 0.867. The maximum atomic E-state index is 12.6. The maximum absolute atomic E-state index is 12.6. The molecule has 4 heteroatoms. The van der Waals surface area contributed by atoms with Gasteiger partial charge in [0.15, 0.2) is 0 Å². The van der Waals surface area contributed by atoms with Gasteiger partial charge in [-0.2, -0.15) is 0 Å². The van der Waals surface area contributed by atoms with Gasteiger partial charge in [0.05, 0.1) is 7.11 Å². The molecule has 1 aliphatic heterocycles. The molecule has 1 heterocycles. The van der Waals surface area contributed by atoms with E-state index in [-0.39, 0.29) is 11.4 Å². The van der Waals surface area contributed by atoms with Crippen molar-refractivity contribution in [1.29, 1.82) is 0 Å². The first-order valence-electron chi connectivity index (χ1n) is 9.32. The van der Waals surface area contributed by atoms with Crippen LogP contribution in [0.3, 0.4) is 0 Å². The molecule has 3 rings (SSSR count). The Morgan fingerprint density at radius 1 is 1.08 bits per heavy atom. The zero-order valence-electron chi connectivity index (χ0n) is 15.7. The lowest BCUT2D eigenvalue weighted by Crippen LogP contribution is -2.51. The van der Waals surface area contributed by atoms with Gasteiger partial charge in [-0.25, -0.2) is 0 Å². The van der Waals surface area contributed by atoms with E-state index in [2.05, 4.69) is 29.6 Å².